The molecule has 0 saturated heterocycles. The molecule has 0 heterocycles. The Kier molecular flexibility index (Phi) is 3.21. The van der Waals surface area contributed by atoms with Gasteiger partial charge < -0.3 is 5.11 Å². The molecule has 0 atom stereocenters. The molecular weight excluding hydrogens is 228 g/mol. The summed E-state index contributed by atoms with van der Waals surface area (Å²) in [5, 5.41) is 8.43. The van der Waals surface area contributed by atoms with E-state index in [0.717, 1.165) is 6.07 Å². The Morgan fingerprint density at radius 3 is 2.38 bits per heavy atom. The lowest BCUT2D eigenvalue weighted by Gasteiger charge is -2.11. The monoisotopic (exact) mass is 236 g/mol. The highest BCUT2D eigenvalue weighted by Gasteiger charge is 2.35. The summed E-state index contributed by atoms with van der Waals surface area (Å²) in [5.41, 5.74) is -1.71. The zero-order valence-electron chi connectivity index (χ0n) is 8.23. The van der Waals surface area contributed by atoms with Crippen molar-refractivity contribution in [1.29, 1.82) is 0 Å². The van der Waals surface area contributed by atoms with Gasteiger partial charge in [0.1, 0.15) is 5.82 Å². The van der Waals surface area contributed by atoms with Crippen molar-refractivity contribution < 1.29 is 27.5 Å². The second-order valence-electron chi connectivity index (χ2n) is 3.35. The maximum atomic E-state index is 13.3. The Morgan fingerprint density at radius 2 is 1.94 bits per heavy atom. The van der Waals surface area contributed by atoms with Crippen LogP contribution in [0.3, 0.4) is 0 Å². The molecule has 0 aliphatic rings. The van der Waals surface area contributed by atoms with Crippen molar-refractivity contribution in [1.82, 2.24) is 0 Å². The first kappa shape index (κ1) is 12.5. The molecule has 0 amide bonds. The number of alkyl halides is 3. The van der Waals surface area contributed by atoms with Gasteiger partial charge in [-0.3, -0.25) is 4.79 Å². The standard InChI is InChI=1S/C10H8F4O2/c1-5-2-6(4-8(15)16)9(11)7(3-5)10(12,13)14/h2-3H,4H2,1H3,(H,15,16). The van der Waals surface area contributed by atoms with E-state index in [1.54, 1.807) is 0 Å². The minimum absolute atomic E-state index is 0.171. The number of hydrogen-bond donors (Lipinski definition) is 1. The first-order valence-electron chi connectivity index (χ1n) is 4.30. The van der Waals surface area contributed by atoms with E-state index in [0.29, 0.717) is 6.07 Å². The summed E-state index contributed by atoms with van der Waals surface area (Å²) in [4.78, 5) is 10.3. The minimum atomic E-state index is -4.82. The zero-order valence-corrected chi connectivity index (χ0v) is 8.23. The number of aliphatic carboxylic acids is 1. The molecule has 16 heavy (non-hydrogen) atoms. The lowest BCUT2D eigenvalue weighted by atomic mass is 10.0. The molecule has 6 heteroatoms. The minimum Gasteiger partial charge on any atom is -0.481 e. The van der Waals surface area contributed by atoms with Crippen LogP contribution in [0.15, 0.2) is 12.1 Å². The molecule has 0 unspecified atom stereocenters. The third-order valence-corrected chi connectivity index (χ3v) is 1.94. The van der Waals surface area contributed by atoms with Crippen LogP contribution in [0, 0.1) is 12.7 Å². The van der Waals surface area contributed by atoms with E-state index in [-0.39, 0.29) is 5.56 Å². The van der Waals surface area contributed by atoms with Gasteiger partial charge in [0.05, 0.1) is 12.0 Å². The number of aryl methyl sites for hydroxylation is 1. The van der Waals surface area contributed by atoms with Crippen LogP contribution in [0.2, 0.25) is 0 Å². The van der Waals surface area contributed by atoms with Crippen molar-refractivity contribution in [3.63, 3.8) is 0 Å². The smallest absolute Gasteiger partial charge is 0.419 e. The van der Waals surface area contributed by atoms with Gasteiger partial charge >= 0.3 is 12.1 Å². The molecule has 0 spiro atoms. The first-order valence-corrected chi connectivity index (χ1v) is 4.30. The first-order chi connectivity index (χ1) is 7.21. The molecule has 88 valence electrons. The van der Waals surface area contributed by atoms with Crippen molar-refractivity contribution in [3.05, 3.63) is 34.6 Å². The quantitative estimate of drug-likeness (QED) is 0.801. The highest BCUT2D eigenvalue weighted by atomic mass is 19.4. The van der Waals surface area contributed by atoms with Gasteiger partial charge in [0.15, 0.2) is 0 Å². The fourth-order valence-corrected chi connectivity index (χ4v) is 1.34. The van der Waals surface area contributed by atoms with E-state index in [1.165, 1.54) is 6.92 Å². The normalized spacial score (nSPS) is 11.6. The Hall–Kier alpha value is -1.59. The molecule has 0 bridgehead atoms. The summed E-state index contributed by atoms with van der Waals surface area (Å²) in [6.07, 6.45) is -5.58. The van der Waals surface area contributed by atoms with E-state index in [4.69, 9.17) is 5.11 Å². The summed E-state index contributed by atoms with van der Waals surface area (Å²) in [6.45, 7) is 1.35. The van der Waals surface area contributed by atoms with Crippen molar-refractivity contribution in [2.45, 2.75) is 19.5 Å². The Morgan fingerprint density at radius 1 is 1.38 bits per heavy atom. The fraction of sp³-hybridized carbons (Fsp3) is 0.300. The summed E-state index contributed by atoms with van der Waals surface area (Å²) in [6, 6.07) is 1.75. The van der Waals surface area contributed by atoms with Crippen LogP contribution in [0.5, 0.6) is 0 Å². The third kappa shape index (κ3) is 2.71. The van der Waals surface area contributed by atoms with Crippen LogP contribution >= 0.6 is 0 Å². The van der Waals surface area contributed by atoms with Gasteiger partial charge in [-0.15, -0.1) is 0 Å². The SMILES string of the molecule is Cc1cc(CC(=O)O)c(F)c(C(F)(F)F)c1. The summed E-state index contributed by atoms with van der Waals surface area (Å²) in [7, 11) is 0. The van der Waals surface area contributed by atoms with Crippen LogP contribution in [-0.4, -0.2) is 11.1 Å². The molecule has 2 nitrogen and oxygen atoms in total. The molecular formula is C10H8F4O2. The lowest BCUT2D eigenvalue weighted by molar-refractivity contribution is -0.141. The van der Waals surface area contributed by atoms with Gasteiger partial charge in [-0.25, -0.2) is 4.39 Å². The molecule has 0 radical (unpaired) electrons. The molecule has 1 N–H and O–H groups in total. The van der Waals surface area contributed by atoms with E-state index in [9.17, 15) is 22.4 Å². The van der Waals surface area contributed by atoms with Crippen molar-refractivity contribution >= 4 is 5.97 Å². The Balaban J connectivity index is 3.32. The van der Waals surface area contributed by atoms with Gasteiger partial charge in [-0.05, 0) is 18.6 Å². The number of rotatable bonds is 2. The Labute approximate surface area is 88.5 Å². The highest BCUT2D eigenvalue weighted by Crippen LogP contribution is 2.33. The third-order valence-electron chi connectivity index (χ3n) is 1.94. The van der Waals surface area contributed by atoms with Crippen LogP contribution in [0.4, 0.5) is 17.6 Å². The van der Waals surface area contributed by atoms with Crippen LogP contribution in [-0.2, 0) is 17.4 Å². The zero-order chi connectivity index (χ0) is 12.5. The predicted octanol–water partition coefficient (Wildman–Crippen LogP) is 2.78. The molecule has 1 rings (SSSR count). The van der Waals surface area contributed by atoms with Crippen molar-refractivity contribution in [3.8, 4) is 0 Å². The summed E-state index contributed by atoms with van der Waals surface area (Å²) >= 11 is 0. The number of halogens is 4. The molecule has 1 aromatic rings. The summed E-state index contributed by atoms with van der Waals surface area (Å²) in [5.74, 6) is -2.89. The van der Waals surface area contributed by atoms with Crippen LogP contribution < -0.4 is 0 Å². The largest absolute Gasteiger partial charge is 0.481 e. The van der Waals surface area contributed by atoms with E-state index in [2.05, 4.69) is 0 Å². The molecule has 0 aliphatic heterocycles. The average molecular weight is 236 g/mol. The van der Waals surface area contributed by atoms with Crippen LogP contribution in [0.25, 0.3) is 0 Å². The Bertz CT molecular complexity index is 424. The molecule has 0 aliphatic carbocycles. The number of carboxylic acids is 1. The molecule has 0 aromatic heterocycles. The van der Waals surface area contributed by atoms with E-state index in [1.807, 2.05) is 0 Å². The average Bonchev–Trinajstić information content (AvgIpc) is 2.07. The second kappa shape index (κ2) is 4.11. The lowest BCUT2D eigenvalue weighted by Crippen LogP contribution is -2.12. The topological polar surface area (TPSA) is 37.3 Å². The van der Waals surface area contributed by atoms with Crippen molar-refractivity contribution in [2.24, 2.45) is 0 Å². The molecule has 0 saturated carbocycles. The molecule has 1 aromatic carbocycles. The maximum absolute atomic E-state index is 13.3. The maximum Gasteiger partial charge on any atom is 0.419 e. The van der Waals surface area contributed by atoms with Gasteiger partial charge in [0, 0.05) is 0 Å². The predicted molar refractivity (Wildman–Crippen MR) is 47.5 cm³/mol. The number of carboxylic acid groups (broad SMARTS) is 1. The van der Waals surface area contributed by atoms with Gasteiger partial charge in [0.2, 0.25) is 0 Å². The second-order valence-corrected chi connectivity index (χ2v) is 3.35. The van der Waals surface area contributed by atoms with Crippen molar-refractivity contribution in [2.75, 3.05) is 0 Å². The number of hydrogen-bond acceptors (Lipinski definition) is 1. The van der Waals surface area contributed by atoms with Gasteiger partial charge in [-0.2, -0.15) is 13.2 Å². The van der Waals surface area contributed by atoms with Gasteiger partial charge in [-0.1, -0.05) is 11.6 Å². The van der Waals surface area contributed by atoms with Crippen LogP contribution in [0.1, 0.15) is 16.7 Å². The van der Waals surface area contributed by atoms with E-state index >= 15 is 0 Å². The molecule has 0 fully saturated rings. The number of carbonyl (C=O) groups is 1. The summed E-state index contributed by atoms with van der Waals surface area (Å²) < 4.78 is 50.4. The number of benzene rings is 1. The highest BCUT2D eigenvalue weighted by molar-refractivity contribution is 5.70. The fourth-order valence-electron chi connectivity index (χ4n) is 1.34. The van der Waals surface area contributed by atoms with E-state index < -0.39 is 35.5 Å². The van der Waals surface area contributed by atoms with Gasteiger partial charge in [0.25, 0.3) is 0 Å².